The maximum atomic E-state index is 9.94. The number of carbonyl (C=O) groups is 1. The third kappa shape index (κ3) is 2.82. The minimum absolute atomic E-state index is 0.809. The lowest BCUT2D eigenvalue weighted by Crippen LogP contribution is -2.42. The van der Waals surface area contributed by atoms with Crippen molar-refractivity contribution in [3.05, 3.63) is 10.1 Å². The van der Waals surface area contributed by atoms with Crippen molar-refractivity contribution in [2.75, 3.05) is 6.61 Å². The zero-order valence-electron chi connectivity index (χ0n) is 4.85. The lowest BCUT2D eigenvalue weighted by molar-refractivity contribution is -0.549. The number of hydrazine groups is 1. The van der Waals surface area contributed by atoms with Crippen LogP contribution in [-0.4, -0.2) is 33.9 Å². The van der Waals surface area contributed by atoms with Crippen molar-refractivity contribution in [1.82, 2.24) is 5.43 Å². The summed E-state index contributed by atoms with van der Waals surface area (Å²) >= 11 is 0. The predicted octanol–water partition coefficient (Wildman–Crippen LogP) is -1.79. The van der Waals surface area contributed by atoms with E-state index in [1.807, 2.05) is 0 Å². The van der Waals surface area contributed by atoms with Gasteiger partial charge in [-0.3, -0.25) is 0 Å². The van der Waals surface area contributed by atoms with Crippen LogP contribution < -0.4 is 5.43 Å². The minimum Gasteiger partial charge on any atom is -0.479 e. The molecule has 0 heterocycles. The van der Waals surface area contributed by atoms with Crippen molar-refractivity contribution in [1.29, 1.82) is 0 Å². The highest BCUT2D eigenvalue weighted by Gasteiger charge is 2.19. The summed E-state index contributed by atoms with van der Waals surface area (Å²) < 4.78 is 0. The number of carboxylic acid groups (broad SMARTS) is 1. The topological polar surface area (TPSA) is 113 Å². The fourth-order valence-corrected chi connectivity index (χ4v) is 0.301. The van der Waals surface area contributed by atoms with Gasteiger partial charge in [0, 0.05) is 0 Å². The molecule has 1 atom stereocenters. The van der Waals surface area contributed by atoms with Gasteiger partial charge >= 0.3 is 5.97 Å². The van der Waals surface area contributed by atoms with Crippen LogP contribution in [0.4, 0.5) is 0 Å². The molecule has 0 amide bonds. The Morgan fingerprint density at radius 1 is 1.80 bits per heavy atom. The average molecular weight is 150 g/mol. The van der Waals surface area contributed by atoms with Gasteiger partial charge in [0.25, 0.3) is 0 Å². The molecule has 0 aromatic carbocycles. The summed E-state index contributed by atoms with van der Waals surface area (Å²) in [6, 6.07) is -1.53. The molecule has 7 heteroatoms. The summed E-state index contributed by atoms with van der Waals surface area (Å²) in [5, 5.41) is 24.9. The third-order valence-electron chi connectivity index (χ3n) is 0.742. The second kappa shape index (κ2) is 3.62. The summed E-state index contributed by atoms with van der Waals surface area (Å²) in [7, 11) is 0. The molecule has 0 aliphatic heterocycles. The summed E-state index contributed by atoms with van der Waals surface area (Å²) in [5.74, 6) is -1.46. The first kappa shape index (κ1) is 8.63. The van der Waals surface area contributed by atoms with Gasteiger partial charge in [-0.1, -0.05) is 0 Å². The molecule has 58 valence electrons. The van der Waals surface area contributed by atoms with E-state index in [2.05, 4.69) is 0 Å². The molecule has 10 heavy (non-hydrogen) atoms. The molecular weight excluding hydrogens is 144 g/mol. The van der Waals surface area contributed by atoms with Crippen molar-refractivity contribution in [3.63, 3.8) is 0 Å². The molecule has 0 aromatic rings. The fraction of sp³-hybridized carbons (Fsp3) is 0.667. The highest BCUT2D eigenvalue weighted by Crippen LogP contribution is 1.80. The SMILES string of the molecule is O=C(O)C(CO)N[N+](=O)[O-]. The highest BCUT2D eigenvalue weighted by molar-refractivity contribution is 5.73. The maximum absolute atomic E-state index is 9.94. The Kier molecular flexibility index (Phi) is 3.12. The molecule has 3 N–H and O–H groups in total. The number of nitrogens with one attached hydrogen (secondary N) is 1. The predicted molar refractivity (Wildman–Crippen MR) is 28.6 cm³/mol. The molecule has 0 aliphatic carbocycles. The number of nitro groups is 1. The zero-order chi connectivity index (χ0) is 8.15. The van der Waals surface area contributed by atoms with Gasteiger partial charge in [-0.2, -0.15) is 0 Å². The lowest BCUT2D eigenvalue weighted by Gasteiger charge is -2.02. The van der Waals surface area contributed by atoms with Gasteiger partial charge in [-0.25, -0.2) is 14.9 Å². The van der Waals surface area contributed by atoms with Gasteiger partial charge in [0.1, 0.15) is 0 Å². The number of carboxylic acids is 1. The molecule has 0 saturated carbocycles. The monoisotopic (exact) mass is 150 g/mol. The second-order valence-corrected chi connectivity index (χ2v) is 1.46. The average Bonchev–Trinajstić information content (AvgIpc) is 1.81. The Morgan fingerprint density at radius 3 is 2.40 bits per heavy atom. The van der Waals surface area contributed by atoms with E-state index < -0.39 is 23.7 Å². The van der Waals surface area contributed by atoms with Crippen LogP contribution in [0.25, 0.3) is 0 Å². The number of hydrogen-bond acceptors (Lipinski definition) is 4. The number of rotatable bonds is 4. The van der Waals surface area contributed by atoms with Gasteiger partial charge in [0.2, 0.25) is 6.04 Å². The van der Waals surface area contributed by atoms with Crippen molar-refractivity contribution < 1.29 is 20.0 Å². The number of nitrogens with zero attached hydrogens (tertiary/aromatic N) is 1. The Morgan fingerprint density at radius 2 is 2.30 bits per heavy atom. The summed E-state index contributed by atoms with van der Waals surface area (Å²) in [4.78, 5) is 19.5. The smallest absolute Gasteiger partial charge is 0.334 e. The molecule has 0 fully saturated rings. The molecule has 0 saturated heterocycles. The van der Waals surface area contributed by atoms with Crippen LogP contribution in [0.1, 0.15) is 0 Å². The standard InChI is InChI=1S/C3H6N2O5/c6-1-2(3(7)8)4-5(9)10/h2,4,6H,1H2,(H,7,8). The van der Waals surface area contributed by atoms with Crippen molar-refractivity contribution in [3.8, 4) is 0 Å². The number of hydrogen-bond donors (Lipinski definition) is 3. The molecule has 0 rings (SSSR count). The van der Waals surface area contributed by atoms with Crippen LogP contribution >= 0.6 is 0 Å². The van der Waals surface area contributed by atoms with Gasteiger partial charge in [0.15, 0.2) is 5.03 Å². The molecule has 7 nitrogen and oxygen atoms in total. The number of aliphatic carboxylic acids is 1. The van der Waals surface area contributed by atoms with E-state index in [0.717, 1.165) is 0 Å². The van der Waals surface area contributed by atoms with E-state index in [-0.39, 0.29) is 0 Å². The minimum atomic E-state index is -1.53. The quantitative estimate of drug-likeness (QED) is 0.322. The first-order valence-electron chi connectivity index (χ1n) is 2.32. The van der Waals surface area contributed by atoms with Crippen LogP contribution in [0.2, 0.25) is 0 Å². The summed E-state index contributed by atoms with van der Waals surface area (Å²) in [6.07, 6.45) is 0. The molecule has 0 aliphatic rings. The van der Waals surface area contributed by atoms with Crippen molar-refractivity contribution in [2.45, 2.75) is 6.04 Å². The Labute approximate surface area is 55.4 Å². The molecule has 0 bridgehead atoms. The molecule has 0 radical (unpaired) electrons. The van der Waals surface area contributed by atoms with Gasteiger partial charge in [0.05, 0.1) is 6.61 Å². The number of aliphatic hydroxyl groups excluding tert-OH is 1. The normalized spacial score (nSPS) is 12.1. The summed E-state index contributed by atoms with van der Waals surface area (Å²) in [5.41, 5.74) is 1.40. The van der Waals surface area contributed by atoms with Crippen LogP contribution in [0.15, 0.2) is 0 Å². The van der Waals surface area contributed by atoms with Crippen LogP contribution in [-0.2, 0) is 4.79 Å². The van der Waals surface area contributed by atoms with E-state index >= 15 is 0 Å². The van der Waals surface area contributed by atoms with E-state index in [9.17, 15) is 14.9 Å². The first-order chi connectivity index (χ1) is 4.57. The third-order valence-corrected chi connectivity index (χ3v) is 0.742. The van der Waals surface area contributed by atoms with Crippen LogP contribution in [0, 0.1) is 10.1 Å². The van der Waals surface area contributed by atoms with E-state index in [0.29, 0.717) is 0 Å². The maximum Gasteiger partial charge on any atom is 0.334 e. The number of aliphatic hydroxyl groups is 1. The van der Waals surface area contributed by atoms with Crippen LogP contribution in [0.3, 0.4) is 0 Å². The van der Waals surface area contributed by atoms with Gasteiger partial charge in [-0.05, 0) is 0 Å². The first-order valence-corrected chi connectivity index (χ1v) is 2.32. The van der Waals surface area contributed by atoms with Gasteiger partial charge < -0.3 is 10.2 Å². The summed E-state index contributed by atoms with van der Waals surface area (Å²) in [6.45, 7) is -0.809. The molecular formula is C3H6N2O5. The Hall–Kier alpha value is -1.37. The molecule has 0 spiro atoms. The highest BCUT2D eigenvalue weighted by atomic mass is 16.7. The van der Waals surface area contributed by atoms with Crippen molar-refractivity contribution in [2.24, 2.45) is 0 Å². The largest absolute Gasteiger partial charge is 0.479 e. The molecule has 1 unspecified atom stereocenters. The van der Waals surface area contributed by atoms with Crippen LogP contribution in [0.5, 0.6) is 0 Å². The van der Waals surface area contributed by atoms with E-state index in [1.54, 1.807) is 0 Å². The fourth-order valence-electron chi connectivity index (χ4n) is 0.301. The van der Waals surface area contributed by atoms with Crippen molar-refractivity contribution >= 4 is 5.97 Å². The van der Waals surface area contributed by atoms with E-state index in [1.165, 1.54) is 5.43 Å². The Balaban J connectivity index is 3.83. The van der Waals surface area contributed by atoms with Gasteiger partial charge in [-0.15, -0.1) is 5.43 Å². The Bertz CT molecular complexity index is 146. The lowest BCUT2D eigenvalue weighted by atomic mass is 10.3. The zero-order valence-corrected chi connectivity index (χ0v) is 4.85. The second-order valence-electron chi connectivity index (χ2n) is 1.46. The molecule has 0 aromatic heterocycles. The van der Waals surface area contributed by atoms with E-state index in [4.69, 9.17) is 10.2 Å².